The number of aliphatic carboxylic acids is 1. The van der Waals surface area contributed by atoms with Crippen LogP contribution in [0.5, 0.6) is 0 Å². The smallest absolute Gasteiger partial charge is 0.319 e. The Kier molecular flexibility index (Phi) is 5.12. The quantitative estimate of drug-likeness (QED) is 0.488. The minimum atomic E-state index is -0.990. The molecule has 0 radical (unpaired) electrons. The number of carboxylic acids is 1. The third-order valence-corrected chi connectivity index (χ3v) is 5.04. The van der Waals surface area contributed by atoms with Gasteiger partial charge in [0.15, 0.2) is 0 Å². The molecule has 0 saturated heterocycles. The number of amidine groups is 1. The number of rotatable bonds is 4. The van der Waals surface area contributed by atoms with Crippen molar-refractivity contribution in [2.75, 3.05) is 4.90 Å². The van der Waals surface area contributed by atoms with E-state index in [0.717, 1.165) is 11.1 Å². The van der Waals surface area contributed by atoms with Gasteiger partial charge in [-0.2, -0.15) is 0 Å². The third-order valence-electron chi connectivity index (χ3n) is 5.04. The average molecular weight is 366 g/mol. The number of anilines is 1. The molecule has 27 heavy (non-hydrogen) atoms. The molecule has 0 fully saturated rings. The minimum absolute atomic E-state index is 0.0318. The van der Waals surface area contributed by atoms with Crippen molar-refractivity contribution in [2.24, 2.45) is 11.5 Å². The molecule has 7 heteroatoms. The van der Waals surface area contributed by atoms with Crippen LogP contribution in [0.25, 0.3) is 0 Å². The largest absolute Gasteiger partial charge is 0.481 e. The van der Waals surface area contributed by atoms with E-state index in [0.29, 0.717) is 24.1 Å². The Morgan fingerprint density at radius 1 is 1.11 bits per heavy atom. The number of hydrogen-bond acceptors (Lipinski definition) is 3. The van der Waals surface area contributed by atoms with Gasteiger partial charge in [0.25, 0.3) is 0 Å². The molecule has 2 atom stereocenters. The number of amides is 2. The molecule has 1 heterocycles. The first-order valence-corrected chi connectivity index (χ1v) is 8.71. The van der Waals surface area contributed by atoms with Crippen molar-refractivity contribution < 1.29 is 14.7 Å². The first kappa shape index (κ1) is 18.4. The molecule has 1 aliphatic rings. The molecule has 1 aliphatic heterocycles. The van der Waals surface area contributed by atoms with Gasteiger partial charge in [0, 0.05) is 17.2 Å². The lowest BCUT2D eigenvalue weighted by molar-refractivity contribution is -0.137. The molecule has 2 aromatic rings. The number of nitrogens with zero attached hydrogens (tertiary/aromatic N) is 1. The highest BCUT2D eigenvalue weighted by Crippen LogP contribution is 2.38. The van der Waals surface area contributed by atoms with Crippen LogP contribution in [0.3, 0.4) is 0 Å². The summed E-state index contributed by atoms with van der Waals surface area (Å²) in [6.45, 7) is 0. The zero-order valence-corrected chi connectivity index (χ0v) is 14.8. The second-order valence-electron chi connectivity index (χ2n) is 6.68. The Morgan fingerprint density at radius 3 is 2.37 bits per heavy atom. The van der Waals surface area contributed by atoms with Crippen molar-refractivity contribution in [2.45, 2.75) is 31.2 Å². The van der Waals surface area contributed by atoms with Gasteiger partial charge in [-0.3, -0.25) is 15.1 Å². The lowest BCUT2D eigenvalue weighted by Crippen LogP contribution is -2.47. The summed E-state index contributed by atoms with van der Waals surface area (Å²) >= 11 is 0. The number of carboxylic acid groups (broad SMARTS) is 1. The molecule has 0 saturated carbocycles. The van der Waals surface area contributed by atoms with Crippen LogP contribution in [-0.4, -0.2) is 29.0 Å². The van der Waals surface area contributed by atoms with Crippen molar-refractivity contribution in [3.8, 4) is 0 Å². The molecule has 6 N–H and O–H groups in total. The normalized spacial score (nSPS) is 19.0. The summed E-state index contributed by atoms with van der Waals surface area (Å²) in [6.07, 6.45) is 1.17. The summed E-state index contributed by atoms with van der Waals surface area (Å²) in [5, 5.41) is 17.0. The van der Waals surface area contributed by atoms with Crippen LogP contribution in [-0.2, 0) is 11.2 Å². The SMILES string of the molecule is N=C(N)c1ccc(C2CCc3ccccc3N(C(N)=O)C2CC(=O)O)cc1. The van der Waals surface area contributed by atoms with Gasteiger partial charge in [0.1, 0.15) is 5.84 Å². The molecular formula is C20H22N4O3. The number of carbonyl (C=O) groups is 2. The fourth-order valence-corrected chi connectivity index (χ4v) is 3.81. The van der Waals surface area contributed by atoms with E-state index in [1.54, 1.807) is 18.2 Å². The molecule has 2 amide bonds. The topological polar surface area (TPSA) is 134 Å². The molecule has 2 aromatic carbocycles. The highest BCUT2D eigenvalue weighted by Gasteiger charge is 2.37. The van der Waals surface area contributed by atoms with Gasteiger partial charge in [-0.05, 0) is 30.0 Å². The zero-order chi connectivity index (χ0) is 19.6. The van der Waals surface area contributed by atoms with Gasteiger partial charge < -0.3 is 16.6 Å². The molecule has 0 bridgehead atoms. The second kappa shape index (κ2) is 7.49. The van der Waals surface area contributed by atoms with Gasteiger partial charge in [0.05, 0.1) is 12.5 Å². The standard InChI is InChI=1S/C20H22N4O3/c21-19(22)14-7-5-12(6-8-14)15-10-9-13-3-1-2-4-16(13)24(20(23)27)17(15)11-18(25)26/h1-8,15,17H,9-11H2,(H3,21,22)(H2,23,27)(H,25,26). The van der Waals surface area contributed by atoms with Crippen LogP contribution in [0.4, 0.5) is 10.5 Å². The van der Waals surface area contributed by atoms with Gasteiger partial charge in [-0.15, -0.1) is 0 Å². The maximum Gasteiger partial charge on any atom is 0.319 e. The van der Waals surface area contributed by atoms with E-state index in [-0.39, 0.29) is 18.2 Å². The van der Waals surface area contributed by atoms with Crippen molar-refractivity contribution in [1.82, 2.24) is 0 Å². The van der Waals surface area contributed by atoms with Gasteiger partial charge >= 0.3 is 12.0 Å². The Bertz CT molecular complexity index is 879. The van der Waals surface area contributed by atoms with Crippen molar-refractivity contribution in [3.63, 3.8) is 0 Å². The first-order chi connectivity index (χ1) is 12.9. The summed E-state index contributed by atoms with van der Waals surface area (Å²) < 4.78 is 0. The van der Waals surface area contributed by atoms with E-state index < -0.39 is 18.0 Å². The summed E-state index contributed by atoms with van der Waals surface area (Å²) in [5.41, 5.74) is 14.3. The molecule has 2 unspecified atom stereocenters. The van der Waals surface area contributed by atoms with Gasteiger partial charge in [0.2, 0.25) is 0 Å². The number of fused-ring (bicyclic) bond motifs is 1. The summed E-state index contributed by atoms with van der Waals surface area (Å²) in [5.74, 6) is -1.23. The molecular weight excluding hydrogens is 344 g/mol. The molecule has 0 spiro atoms. The average Bonchev–Trinajstić information content (AvgIpc) is 2.78. The molecule has 140 valence electrons. The molecule has 3 rings (SSSR count). The summed E-state index contributed by atoms with van der Waals surface area (Å²) in [7, 11) is 0. The molecule has 0 aromatic heterocycles. The van der Waals surface area contributed by atoms with Crippen LogP contribution in [0.1, 0.15) is 35.4 Å². The van der Waals surface area contributed by atoms with E-state index in [2.05, 4.69) is 0 Å². The summed E-state index contributed by atoms with van der Waals surface area (Å²) in [6, 6.07) is 13.3. The number of benzene rings is 2. The van der Waals surface area contributed by atoms with Crippen LogP contribution in [0.15, 0.2) is 48.5 Å². The predicted molar refractivity (Wildman–Crippen MR) is 103 cm³/mol. The molecule has 0 aliphatic carbocycles. The first-order valence-electron chi connectivity index (χ1n) is 8.71. The highest BCUT2D eigenvalue weighted by molar-refractivity contribution is 5.95. The van der Waals surface area contributed by atoms with Crippen molar-refractivity contribution in [3.05, 3.63) is 65.2 Å². The Balaban J connectivity index is 2.08. The van der Waals surface area contributed by atoms with E-state index in [4.69, 9.17) is 16.9 Å². The molecule has 7 nitrogen and oxygen atoms in total. The number of nitrogen functional groups attached to an aromatic ring is 1. The fourth-order valence-electron chi connectivity index (χ4n) is 3.81. The van der Waals surface area contributed by atoms with E-state index in [1.807, 2.05) is 30.3 Å². The number of para-hydroxylation sites is 1. The van der Waals surface area contributed by atoms with Crippen LogP contribution >= 0.6 is 0 Å². The summed E-state index contributed by atoms with van der Waals surface area (Å²) in [4.78, 5) is 25.3. The van der Waals surface area contributed by atoms with E-state index in [9.17, 15) is 14.7 Å². The van der Waals surface area contributed by atoms with Crippen LogP contribution in [0.2, 0.25) is 0 Å². The van der Waals surface area contributed by atoms with E-state index >= 15 is 0 Å². The number of nitrogens with two attached hydrogens (primary N) is 2. The monoisotopic (exact) mass is 366 g/mol. The number of nitrogens with one attached hydrogen (secondary N) is 1. The lowest BCUT2D eigenvalue weighted by atomic mass is 9.85. The number of aryl methyl sites for hydroxylation is 1. The second-order valence-corrected chi connectivity index (χ2v) is 6.68. The van der Waals surface area contributed by atoms with Gasteiger partial charge in [-0.25, -0.2) is 4.79 Å². The number of hydrogen-bond donors (Lipinski definition) is 4. The van der Waals surface area contributed by atoms with Crippen LogP contribution in [0, 0.1) is 5.41 Å². The predicted octanol–water partition coefficient (Wildman–Crippen LogP) is 2.43. The van der Waals surface area contributed by atoms with Crippen molar-refractivity contribution >= 4 is 23.5 Å². The zero-order valence-electron chi connectivity index (χ0n) is 14.8. The fraction of sp³-hybridized carbons (Fsp3) is 0.250. The van der Waals surface area contributed by atoms with Gasteiger partial charge in [-0.1, -0.05) is 42.5 Å². The number of carbonyl (C=O) groups excluding carboxylic acids is 1. The third kappa shape index (κ3) is 3.76. The van der Waals surface area contributed by atoms with E-state index in [1.165, 1.54) is 4.90 Å². The Labute approximate surface area is 157 Å². The maximum atomic E-state index is 12.3. The van der Waals surface area contributed by atoms with Crippen molar-refractivity contribution in [1.29, 1.82) is 5.41 Å². The number of primary amides is 1. The lowest BCUT2D eigenvalue weighted by Gasteiger charge is -2.34. The van der Waals surface area contributed by atoms with Crippen LogP contribution < -0.4 is 16.4 Å². The highest BCUT2D eigenvalue weighted by atomic mass is 16.4. The Morgan fingerprint density at radius 2 is 1.78 bits per heavy atom. The number of urea groups is 1. The minimum Gasteiger partial charge on any atom is -0.481 e. The Hall–Kier alpha value is -3.35. The maximum absolute atomic E-state index is 12.3.